The highest BCUT2D eigenvalue weighted by Gasteiger charge is 2.10. The van der Waals surface area contributed by atoms with Gasteiger partial charge in [0.05, 0.1) is 0 Å². The predicted molar refractivity (Wildman–Crippen MR) is 88.3 cm³/mol. The minimum atomic E-state index is -0.0794. The average molecular weight is 313 g/mol. The number of aryl methyl sites for hydroxylation is 2. The van der Waals surface area contributed by atoms with Crippen molar-refractivity contribution in [1.29, 1.82) is 0 Å². The maximum absolute atomic E-state index is 12.0. The lowest BCUT2D eigenvalue weighted by Crippen LogP contribution is -2.37. The standard InChI is InChI=1S/C16H24N2O2.ClH/c1-11-5-6-14(9-12(11)2)15(19)7-8-16(20)18-10-13(3)17-4;/h5-6,9,13,17H,7-8,10H2,1-4H3,(H,18,20);1H. The summed E-state index contributed by atoms with van der Waals surface area (Å²) in [4.78, 5) is 23.6. The molecule has 0 fully saturated rings. The van der Waals surface area contributed by atoms with Gasteiger partial charge < -0.3 is 10.6 Å². The molecule has 0 aliphatic carbocycles. The fraction of sp³-hybridized carbons (Fsp3) is 0.500. The van der Waals surface area contributed by atoms with E-state index >= 15 is 0 Å². The molecule has 0 aromatic heterocycles. The summed E-state index contributed by atoms with van der Waals surface area (Å²) < 4.78 is 0. The smallest absolute Gasteiger partial charge is 0.220 e. The van der Waals surface area contributed by atoms with E-state index in [-0.39, 0.29) is 43.0 Å². The second kappa shape index (κ2) is 9.53. The largest absolute Gasteiger partial charge is 0.355 e. The summed E-state index contributed by atoms with van der Waals surface area (Å²) in [5, 5.41) is 5.85. The normalized spacial score (nSPS) is 11.4. The van der Waals surface area contributed by atoms with Crippen molar-refractivity contribution in [1.82, 2.24) is 10.6 Å². The first kappa shape index (κ1) is 19.6. The van der Waals surface area contributed by atoms with Crippen LogP contribution in [0.15, 0.2) is 18.2 Å². The molecule has 21 heavy (non-hydrogen) atoms. The van der Waals surface area contributed by atoms with E-state index in [0.29, 0.717) is 12.1 Å². The number of hydrogen-bond donors (Lipinski definition) is 2. The van der Waals surface area contributed by atoms with E-state index in [9.17, 15) is 9.59 Å². The quantitative estimate of drug-likeness (QED) is 0.760. The first-order valence-corrected chi connectivity index (χ1v) is 6.98. The lowest BCUT2D eigenvalue weighted by Gasteiger charge is -2.11. The van der Waals surface area contributed by atoms with Gasteiger partial charge in [-0.05, 0) is 45.0 Å². The summed E-state index contributed by atoms with van der Waals surface area (Å²) in [7, 11) is 1.85. The van der Waals surface area contributed by atoms with E-state index in [1.807, 2.05) is 46.0 Å². The Hall–Kier alpha value is -1.39. The fourth-order valence-electron chi connectivity index (χ4n) is 1.74. The number of rotatable bonds is 7. The molecular weight excluding hydrogens is 288 g/mol. The van der Waals surface area contributed by atoms with Gasteiger partial charge in [0.25, 0.3) is 0 Å². The number of halogens is 1. The van der Waals surface area contributed by atoms with Crippen molar-refractivity contribution in [2.24, 2.45) is 0 Å². The first-order chi connectivity index (χ1) is 9.43. The molecule has 4 nitrogen and oxygen atoms in total. The molecule has 0 heterocycles. The summed E-state index contributed by atoms with van der Waals surface area (Å²) in [5.74, 6) is -0.0609. The number of likely N-dealkylation sites (N-methyl/N-ethyl adjacent to an activating group) is 1. The lowest BCUT2D eigenvalue weighted by atomic mass is 10.0. The van der Waals surface area contributed by atoms with Crippen LogP contribution in [0.25, 0.3) is 0 Å². The Kier molecular flexibility index (Phi) is 8.90. The fourth-order valence-corrected chi connectivity index (χ4v) is 1.74. The van der Waals surface area contributed by atoms with Crippen molar-refractivity contribution in [3.05, 3.63) is 34.9 Å². The average Bonchev–Trinajstić information content (AvgIpc) is 2.44. The van der Waals surface area contributed by atoms with Crippen LogP contribution in [0.4, 0.5) is 0 Å². The zero-order valence-corrected chi connectivity index (χ0v) is 14.0. The Labute approximate surface area is 133 Å². The van der Waals surface area contributed by atoms with E-state index in [1.165, 1.54) is 5.56 Å². The van der Waals surface area contributed by atoms with Gasteiger partial charge in [-0.15, -0.1) is 12.4 Å². The number of hydrogen-bond acceptors (Lipinski definition) is 3. The molecule has 0 aliphatic heterocycles. The highest BCUT2D eigenvalue weighted by atomic mass is 35.5. The summed E-state index contributed by atoms with van der Waals surface area (Å²) in [6.07, 6.45) is 0.491. The number of carbonyl (C=O) groups excluding carboxylic acids is 2. The summed E-state index contributed by atoms with van der Waals surface area (Å²) in [6, 6.07) is 5.89. The van der Waals surface area contributed by atoms with E-state index in [4.69, 9.17) is 0 Å². The number of nitrogens with one attached hydrogen (secondary N) is 2. The molecule has 1 amide bonds. The van der Waals surface area contributed by atoms with Gasteiger partial charge in [-0.3, -0.25) is 9.59 Å². The monoisotopic (exact) mass is 312 g/mol. The molecule has 0 bridgehead atoms. The highest BCUT2D eigenvalue weighted by Crippen LogP contribution is 2.12. The van der Waals surface area contributed by atoms with Crippen LogP contribution in [0.1, 0.15) is 41.3 Å². The van der Waals surface area contributed by atoms with Gasteiger partial charge in [0.2, 0.25) is 5.91 Å². The molecule has 1 unspecified atom stereocenters. The van der Waals surface area contributed by atoms with Crippen molar-refractivity contribution in [3.63, 3.8) is 0 Å². The van der Waals surface area contributed by atoms with Crippen LogP contribution in [0.5, 0.6) is 0 Å². The van der Waals surface area contributed by atoms with Crippen molar-refractivity contribution in [2.45, 2.75) is 39.7 Å². The second-order valence-corrected chi connectivity index (χ2v) is 5.22. The van der Waals surface area contributed by atoms with Gasteiger partial charge >= 0.3 is 0 Å². The number of benzene rings is 1. The van der Waals surface area contributed by atoms with Crippen LogP contribution in [-0.2, 0) is 4.79 Å². The SMILES string of the molecule is CNC(C)CNC(=O)CCC(=O)c1ccc(C)c(C)c1.Cl. The lowest BCUT2D eigenvalue weighted by molar-refractivity contribution is -0.121. The third-order valence-corrected chi connectivity index (χ3v) is 3.51. The number of amides is 1. The van der Waals surface area contributed by atoms with E-state index < -0.39 is 0 Å². The van der Waals surface area contributed by atoms with Crippen LogP contribution in [0, 0.1) is 13.8 Å². The topological polar surface area (TPSA) is 58.2 Å². The Morgan fingerprint density at radius 2 is 1.81 bits per heavy atom. The van der Waals surface area contributed by atoms with Gasteiger partial charge in [-0.25, -0.2) is 0 Å². The maximum Gasteiger partial charge on any atom is 0.220 e. The van der Waals surface area contributed by atoms with Crippen molar-refractivity contribution < 1.29 is 9.59 Å². The van der Waals surface area contributed by atoms with Crippen molar-refractivity contribution in [3.8, 4) is 0 Å². The maximum atomic E-state index is 12.0. The molecule has 5 heteroatoms. The molecule has 0 aliphatic rings. The van der Waals surface area contributed by atoms with Gasteiger partial charge in [-0.1, -0.05) is 12.1 Å². The van der Waals surface area contributed by atoms with Crippen LogP contribution >= 0.6 is 12.4 Å². The van der Waals surface area contributed by atoms with Gasteiger partial charge in [0, 0.05) is 31.0 Å². The molecular formula is C16H25ClN2O2. The van der Waals surface area contributed by atoms with Crippen LogP contribution in [-0.4, -0.2) is 31.3 Å². The third-order valence-electron chi connectivity index (χ3n) is 3.51. The van der Waals surface area contributed by atoms with Gasteiger partial charge in [-0.2, -0.15) is 0 Å². The molecule has 0 saturated carbocycles. The zero-order valence-electron chi connectivity index (χ0n) is 13.2. The Morgan fingerprint density at radius 3 is 2.38 bits per heavy atom. The zero-order chi connectivity index (χ0) is 15.1. The Morgan fingerprint density at radius 1 is 1.14 bits per heavy atom. The number of ketones is 1. The molecule has 1 atom stereocenters. The first-order valence-electron chi connectivity index (χ1n) is 6.98. The minimum absolute atomic E-state index is 0. The van der Waals surface area contributed by atoms with E-state index in [1.54, 1.807) is 0 Å². The molecule has 0 radical (unpaired) electrons. The number of Topliss-reactive ketones (excluding diaryl/α,β-unsaturated/α-hetero) is 1. The summed E-state index contributed by atoms with van der Waals surface area (Å²) in [6.45, 7) is 6.56. The van der Waals surface area contributed by atoms with Gasteiger partial charge in [0.1, 0.15) is 0 Å². The molecule has 118 valence electrons. The predicted octanol–water partition coefficient (Wildman–Crippen LogP) is 2.41. The molecule has 0 saturated heterocycles. The Bertz CT molecular complexity index is 489. The van der Waals surface area contributed by atoms with Crippen molar-refractivity contribution in [2.75, 3.05) is 13.6 Å². The molecule has 1 aromatic rings. The van der Waals surface area contributed by atoms with Gasteiger partial charge in [0.15, 0.2) is 5.78 Å². The van der Waals surface area contributed by atoms with E-state index in [0.717, 1.165) is 5.56 Å². The highest BCUT2D eigenvalue weighted by molar-refractivity contribution is 5.98. The Balaban J connectivity index is 0.00000400. The molecule has 1 aromatic carbocycles. The summed E-state index contributed by atoms with van der Waals surface area (Å²) in [5.41, 5.74) is 2.95. The summed E-state index contributed by atoms with van der Waals surface area (Å²) >= 11 is 0. The molecule has 1 rings (SSSR count). The van der Waals surface area contributed by atoms with Crippen LogP contribution < -0.4 is 10.6 Å². The third kappa shape index (κ3) is 6.74. The second-order valence-electron chi connectivity index (χ2n) is 5.22. The molecule has 0 spiro atoms. The van der Waals surface area contributed by atoms with Crippen LogP contribution in [0.2, 0.25) is 0 Å². The van der Waals surface area contributed by atoms with Crippen LogP contribution in [0.3, 0.4) is 0 Å². The molecule has 2 N–H and O–H groups in total. The van der Waals surface area contributed by atoms with E-state index in [2.05, 4.69) is 10.6 Å². The number of carbonyl (C=O) groups is 2. The minimum Gasteiger partial charge on any atom is -0.355 e. The van der Waals surface area contributed by atoms with Crippen molar-refractivity contribution >= 4 is 24.1 Å².